The van der Waals surface area contributed by atoms with Crippen LogP contribution in [0.1, 0.15) is 42.5 Å². The number of rotatable bonds is 4. The standard InChI is InChI=1S/C17H20N2O5/c20-15-10-24-14-6-4-11(9-13(14)18-15)17(23)19-8-2-1-3-12(19)5-7-16(21)22/h4,6,9,12H,1-3,5,7-8,10H2,(H,18,20)(H,21,22)/t12-/m1/s1. The molecular formula is C17H20N2O5. The molecule has 0 aliphatic carbocycles. The van der Waals surface area contributed by atoms with Gasteiger partial charge in [-0.05, 0) is 43.9 Å². The zero-order valence-electron chi connectivity index (χ0n) is 13.3. The van der Waals surface area contributed by atoms with E-state index in [4.69, 9.17) is 9.84 Å². The second-order valence-corrected chi connectivity index (χ2v) is 6.13. The van der Waals surface area contributed by atoms with Crippen LogP contribution in [0.15, 0.2) is 18.2 Å². The van der Waals surface area contributed by atoms with Crippen LogP contribution in [0, 0.1) is 0 Å². The predicted octanol–water partition coefficient (Wildman–Crippen LogP) is 1.88. The van der Waals surface area contributed by atoms with Crippen LogP contribution in [-0.2, 0) is 9.59 Å². The number of likely N-dealkylation sites (tertiary alicyclic amines) is 1. The molecule has 1 aromatic carbocycles. The van der Waals surface area contributed by atoms with Crippen LogP contribution in [0.5, 0.6) is 5.75 Å². The van der Waals surface area contributed by atoms with Gasteiger partial charge in [0.25, 0.3) is 11.8 Å². The largest absolute Gasteiger partial charge is 0.482 e. The summed E-state index contributed by atoms with van der Waals surface area (Å²) in [5.74, 6) is -0.675. The third kappa shape index (κ3) is 3.50. The number of aliphatic carboxylic acids is 1. The molecule has 7 heteroatoms. The van der Waals surface area contributed by atoms with Gasteiger partial charge in [-0.1, -0.05) is 0 Å². The van der Waals surface area contributed by atoms with E-state index >= 15 is 0 Å². The average Bonchev–Trinajstić information content (AvgIpc) is 2.59. The monoisotopic (exact) mass is 332 g/mol. The van der Waals surface area contributed by atoms with Crippen LogP contribution in [-0.4, -0.2) is 47.0 Å². The van der Waals surface area contributed by atoms with E-state index in [9.17, 15) is 14.4 Å². The molecule has 2 amide bonds. The van der Waals surface area contributed by atoms with E-state index < -0.39 is 5.97 Å². The summed E-state index contributed by atoms with van der Waals surface area (Å²) in [5, 5.41) is 11.6. The summed E-state index contributed by atoms with van der Waals surface area (Å²) in [7, 11) is 0. The number of nitrogens with zero attached hydrogens (tertiary/aromatic N) is 1. The molecule has 2 aliphatic rings. The Balaban J connectivity index is 1.77. The summed E-state index contributed by atoms with van der Waals surface area (Å²) in [6.07, 6.45) is 3.26. The number of carboxylic acid groups (broad SMARTS) is 1. The highest BCUT2D eigenvalue weighted by atomic mass is 16.5. The molecule has 0 radical (unpaired) electrons. The lowest BCUT2D eigenvalue weighted by molar-refractivity contribution is -0.137. The van der Waals surface area contributed by atoms with Crippen molar-refractivity contribution in [2.24, 2.45) is 0 Å². The van der Waals surface area contributed by atoms with Crippen molar-refractivity contribution in [3.05, 3.63) is 23.8 Å². The Morgan fingerprint density at radius 1 is 1.33 bits per heavy atom. The first-order valence-corrected chi connectivity index (χ1v) is 8.14. The number of fused-ring (bicyclic) bond motifs is 1. The third-order valence-corrected chi connectivity index (χ3v) is 4.44. The Morgan fingerprint density at radius 2 is 2.17 bits per heavy atom. The Bertz CT molecular complexity index is 673. The lowest BCUT2D eigenvalue weighted by Crippen LogP contribution is -2.44. The van der Waals surface area contributed by atoms with Gasteiger partial charge in [-0.25, -0.2) is 0 Å². The Hall–Kier alpha value is -2.57. The molecule has 3 rings (SSSR count). The van der Waals surface area contributed by atoms with Crippen LogP contribution in [0.3, 0.4) is 0 Å². The third-order valence-electron chi connectivity index (χ3n) is 4.44. The lowest BCUT2D eigenvalue weighted by Gasteiger charge is -2.36. The molecular weight excluding hydrogens is 312 g/mol. The highest BCUT2D eigenvalue weighted by Gasteiger charge is 2.28. The predicted molar refractivity (Wildman–Crippen MR) is 86.1 cm³/mol. The molecule has 24 heavy (non-hydrogen) atoms. The van der Waals surface area contributed by atoms with Gasteiger partial charge in [0.1, 0.15) is 5.75 Å². The summed E-state index contributed by atoms with van der Waals surface area (Å²) < 4.78 is 5.30. The molecule has 1 saturated heterocycles. The molecule has 0 saturated carbocycles. The number of hydrogen-bond donors (Lipinski definition) is 2. The molecule has 0 spiro atoms. The van der Waals surface area contributed by atoms with E-state index in [-0.39, 0.29) is 30.9 Å². The maximum Gasteiger partial charge on any atom is 0.303 e. The normalized spacial score (nSPS) is 19.9. The van der Waals surface area contributed by atoms with Crippen molar-refractivity contribution in [2.45, 2.75) is 38.1 Å². The van der Waals surface area contributed by atoms with Crippen LogP contribution in [0.25, 0.3) is 0 Å². The number of carbonyl (C=O) groups is 3. The first kappa shape index (κ1) is 16.3. The smallest absolute Gasteiger partial charge is 0.303 e. The molecule has 1 atom stereocenters. The van der Waals surface area contributed by atoms with Gasteiger partial charge in [0, 0.05) is 24.6 Å². The van der Waals surface area contributed by atoms with Crippen LogP contribution >= 0.6 is 0 Å². The molecule has 0 bridgehead atoms. The maximum atomic E-state index is 12.8. The highest BCUT2D eigenvalue weighted by molar-refractivity contribution is 6.00. The van der Waals surface area contributed by atoms with E-state index in [0.29, 0.717) is 30.0 Å². The highest BCUT2D eigenvalue weighted by Crippen LogP contribution is 2.30. The second-order valence-electron chi connectivity index (χ2n) is 6.13. The molecule has 0 aromatic heterocycles. The van der Waals surface area contributed by atoms with Crippen molar-refractivity contribution in [2.75, 3.05) is 18.5 Å². The summed E-state index contributed by atoms with van der Waals surface area (Å²) in [6, 6.07) is 4.93. The minimum absolute atomic E-state index is 0.0241. The van der Waals surface area contributed by atoms with Gasteiger partial charge < -0.3 is 20.1 Å². The summed E-state index contributed by atoms with van der Waals surface area (Å²) in [4.78, 5) is 36.9. The summed E-state index contributed by atoms with van der Waals surface area (Å²) in [6.45, 7) is 0.604. The molecule has 2 aliphatic heterocycles. The Morgan fingerprint density at radius 3 is 2.96 bits per heavy atom. The van der Waals surface area contributed by atoms with E-state index in [1.54, 1.807) is 23.1 Å². The fourth-order valence-corrected chi connectivity index (χ4v) is 3.24. The molecule has 1 aromatic rings. The first-order chi connectivity index (χ1) is 11.5. The number of anilines is 1. The first-order valence-electron chi connectivity index (χ1n) is 8.14. The quantitative estimate of drug-likeness (QED) is 0.877. The Kier molecular flexibility index (Phi) is 4.69. The molecule has 7 nitrogen and oxygen atoms in total. The van der Waals surface area contributed by atoms with Gasteiger partial charge in [-0.3, -0.25) is 14.4 Å². The number of carboxylic acids is 1. The zero-order chi connectivity index (χ0) is 17.1. The van der Waals surface area contributed by atoms with Crippen molar-refractivity contribution in [1.29, 1.82) is 0 Å². The fourth-order valence-electron chi connectivity index (χ4n) is 3.24. The van der Waals surface area contributed by atoms with Gasteiger partial charge in [0.2, 0.25) is 0 Å². The van der Waals surface area contributed by atoms with Crippen molar-refractivity contribution < 1.29 is 24.2 Å². The maximum absolute atomic E-state index is 12.8. The van der Waals surface area contributed by atoms with E-state index in [2.05, 4.69) is 5.32 Å². The minimum atomic E-state index is -0.846. The molecule has 2 N–H and O–H groups in total. The molecule has 2 heterocycles. The van der Waals surface area contributed by atoms with Crippen LogP contribution < -0.4 is 10.1 Å². The lowest BCUT2D eigenvalue weighted by atomic mass is 9.96. The number of amides is 2. The molecule has 1 fully saturated rings. The topological polar surface area (TPSA) is 95.9 Å². The SMILES string of the molecule is O=C(O)CC[C@H]1CCCCN1C(=O)c1ccc2c(c1)NC(=O)CO2. The van der Waals surface area contributed by atoms with Gasteiger partial charge >= 0.3 is 5.97 Å². The van der Waals surface area contributed by atoms with E-state index in [1.165, 1.54) is 0 Å². The van der Waals surface area contributed by atoms with Crippen molar-refractivity contribution in [1.82, 2.24) is 4.90 Å². The fraction of sp³-hybridized carbons (Fsp3) is 0.471. The minimum Gasteiger partial charge on any atom is -0.482 e. The number of hydrogen-bond acceptors (Lipinski definition) is 4. The van der Waals surface area contributed by atoms with Crippen LogP contribution in [0.4, 0.5) is 5.69 Å². The van der Waals surface area contributed by atoms with Crippen LogP contribution in [0.2, 0.25) is 0 Å². The summed E-state index contributed by atoms with van der Waals surface area (Å²) in [5.41, 5.74) is 0.970. The van der Waals surface area contributed by atoms with Gasteiger partial charge in [0.15, 0.2) is 6.61 Å². The number of carbonyl (C=O) groups excluding carboxylic acids is 2. The van der Waals surface area contributed by atoms with Crippen molar-refractivity contribution >= 4 is 23.5 Å². The number of benzene rings is 1. The van der Waals surface area contributed by atoms with E-state index in [0.717, 1.165) is 19.3 Å². The number of ether oxygens (including phenoxy) is 1. The van der Waals surface area contributed by atoms with E-state index in [1.807, 2.05) is 0 Å². The molecule has 0 unspecified atom stereocenters. The summed E-state index contributed by atoms with van der Waals surface area (Å²) >= 11 is 0. The van der Waals surface area contributed by atoms with Gasteiger partial charge in [-0.2, -0.15) is 0 Å². The van der Waals surface area contributed by atoms with Gasteiger partial charge in [0.05, 0.1) is 5.69 Å². The number of nitrogens with one attached hydrogen (secondary N) is 1. The second kappa shape index (κ2) is 6.90. The van der Waals surface area contributed by atoms with Gasteiger partial charge in [-0.15, -0.1) is 0 Å². The Labute approximate surface area is 139 Å². The zero-order valence-corrected chi connectivity index (χ0v) is 13.3. The van der Waals surface area contributed by atoms with Crippen molar-refractivity contribution in [3.63, 3.8) is 0 Å². The number of piperidine rings is 1. The van der Waals surface area contributed by atoms with Crippen molar-refractivity contribution in [3.8, 4) is 5.75 Å². The molecule has 128 valence electrons. The average molecular weight is 332 g/mol.